The standard InChI is InChI=1S/C12H23N3O2.ClH/c1-3-14(4-2)11(16)5-6-12(17)15-9-7-13-8-10-15;/h13H,3-10H2,1-2H3;1H. The van der Waals surface area contributed by atoms with E-state index in [0.717, 1.165) is 39.3 Å². The van der Waals surface area contributed by atoms with E-state index in [-0.39, 0.29) is 24.2 Å². The van der Waals surface area contributed by atoms with Crippen molar-refractivity contribution in [2.45, 2.75) is 26.7 Å². The van der Waals surface area contributed by atoms with Crippen LogP contribution in [0.15, 0.2) is 0 Å². The Morgan fingerprint density at radius 2 is 1.67 bits per heavy atom. The smallest absolute Gasteiger partial charge is 0.223 e. The normalized spacial score (nSPS) is 14.9. The Morgan fingerprint density at radius 1 is 1.11 bits per heavy atom. The van der Waals surface area contributed by atoms with Crippen LogP contribution in [0.2, 0.25) is 0 Å². The summed E-state index contributed by atoms with van der Waals surface area (Å²) in [5.41, 5.74) is 0. The van der Waals surface area contributed by atoms with Crippen LogP contribution in [0, 0.1) is 0 Å². The zero-order chi connectivity index (χ0) is 12.7. The second-order valence-electron chi connectivity index (χ2n) is 4.20. The molecule has 0 unspecified atom stereocenters. The van der Waals surface area contributed by atoms with E-state index in [0.29, 0.717) is 12.8 Å². The molecule has 0 atom stereocenters. The summed E-state index contributed by atoms with van der Waals surface area (Å²) >= 11 is 0. The quantitative estimate of drug-likeness (QED) is 0.796. The molecule has 1 N–H and O–H groups in total. The number of hydrogen-bond acceptors (Lipinski definition) is 3. The molecule has 6 heteroatoms. The third-order valence-corrected chi connectivity index (χ3v) is 3.14. The molecule has 0 saturated carbocycles. The molecule has 2 amide bonds. The van der Waals surface area contributed by atoms with Crippen molar-refractivity contribution in [1.82, 2.24) is 15.1 Å². The highest BCUT2D eigenvalue weighted by atomic mass is 35.5. The van der Waals surface area contributed by atoms with Crippen molar-refractivity contribution in [2.75, 3.05) is 39.3 Å². The van der Waals surface area contributed by atoms with Gasteiger partial charge in [0.15, 0.2) is 0 Å². The summed E-state index contributed by atoms with van der Waals surface area (Å²) in [4.78, 5) is 27.2. The number of hydrogen-bond donors (Lipinski definition) is 1. The predicted molar refractivity (Wildman–Crippen MR) is 73.9 cm³/mol. The number of carbonyl (C=O) groups is 2. The van der Waals surface area contributed by atoms with Crippen LogP contribution in [0.4, 0.5) is 0 Å². The van der Waals surface area contributed by atoms with Gasteiger partial charge in [-0.1, -0.05) is 0 Å². The lowest BCUT2D eigenvalue weighted by Gasteiger charge is -2.27. The number of piperazine rings is 1. The van der Waals surface area contributed by atoms with Gasteiger partial charge in [0.25, 0.3) is 0 Å². The van der Waals surface area contributed by atoms with Crippen LogP contribution in [-0.2, 0) is 9.59 Å². The van der Waals surface area contributed by atoms with Crippen molar-refractivity contribution in [3.05, 3.63) is 0 Å². The largest absolute Gasteiger partial charge is 0.343 e. The molecule has 1 aliphatic rings. The highest BCUT2D eigenvalue weighted by molar-refractivity contribution is 5.85. The zero-order valence-electron chi connectivity index (χ0n) is 11.3. The van der Waals surface area contributed by atoms with Crippen molar-refractivity contribution in [1.29, 1.82) is 0 Å². The first-order chi connectivity index (χ1) is 8.19. The summed E-state index contributed by atoms with van der Waals surface area (Å²) in [6.07, 6.45) is 0.680. The van der Waals surface area contributed by atoms with Gasteiger partial charge in [-0.2, -0.15) is 0 Å². The molecule has 5 nitrogen and oxygen atoms in total. The molecule has 0 aromatic heterocycles. The molecule has 0 radical (unpaired) electrons. The van der Waals surface area contributed by atoms with Crippen LogP contribution < -0.4 is 5.32 Å². The van der Waals surface area contributed by atoms with Gasteiger partial charge in [0.2, 0.25) is 11.8 Å². The fraction of sp³-hybridized carbons (Fsp3) is 0.833. The lowest BCUT2D eigenvalue weighted by atomic mass is 10.2. The molecule has 0 bridgehead atoms. The van der Waals surface area contributed by atoms with Crippen LogP contribution in [0.5, 0.6) is 0 Å². The van der Waals surface area contributed by atoms with Crippen LogP contribution in [0.25, 0.3) is 0 Å². The number of nitrogens with one attached hydrogen (secondary N) is 1. The molecule has 0 aromatic carbocycles. The minimum absolute atomic E-state index is 0. The predicted octanol–water partition coefficient (Wildman–Crippen LogP) is 0.489. The van der Waals surface area contributed by atoms with Gasteiger partial charge in [-0.3, -0.25) is 9.59 Å². The SMILES string of the molecule is CCN(CC)C(=O)CCC(=O)N1CCNCC1.Cl. The lowest BCUT2D eigenvalue weighted by molar-refractivity contribution is -0.137. The maximum absolute atomic E-state index is 11.8. The molecule has 1 aliphatic heterocycles. The minimum Gasteiger partial charge on any atom is -0.343 e. The van der Waals surface area contributed by atoms with Gasteiger partial charge < -0.3 is 15.1 Å². The highest BCUT2D eigenvalue weighted by Gasteiger charge is 2.18. The van der Waals surface area contributed by atoms with Crippen LogP contribution >= 0.6 is 12.4 Å². The van der Waals surface area contributed by atoms with Crippen LogP contribution in [0.3, 0.4) is 0 Å². The molecule has 1 saturated heterocycles. The van der Waals surface area contributed by atoms with Crippen molar-refractivity contribution in [3.8, 4) is 0 Å². The monoisotopic (exact) mass is 277 g/mol. The van der Waals surface area contributed by atoms with Crippen LogP contribution in [0.1, 0.15) is 26.7 Å². The average Bonchev–Trinajstić information content (AvgIpc) is 2.38. The lowest BCUT2D eigenvalue weighted by Crippen LogP contribution is -2.46. The van der Waals surface area contributed by atoms with E-state index < -0.39 is 0 Å². The summed E-state index contributed by atoms with van der Waals surface area (Å²) in [5.74, 6) is 0.186. The fourth-order valence-corrected chi connectivity index (χ4v) is 2.02. The fourth-order valence-electron chi connectivity index (χ4n) is 2.02. The average molecular weight is 278 g/mol. The Labute approximate surface area is 115 Å². The topological polar surface area (TPSA) is 52.7 Å². The molecule has 1 rings (SSSR count). The molecule has 0 aromatic rings. The molecule has 0 spiro atoms. The zero-order valence-corrected chi connectivity index (χ0v) is 12.1. The summed E-state index contributed by atoms with van der Waals surface area (Å²) in [6, 6.07) is 0. The summed E-state index contributed by atoms with van der Waals surface area (Å²) < 4.78 is 0. The van der Waals surface area contributed by atoms with E-state index in [4.69, 9.17) is 0 Å². The van der Waals surface area contributed by atoms with Gasteiger partial charge in [0.1, 0.15) is 0 Å². The number of halogens is 1. The Kier molecular flexibility index (Phi) is 8.75. The Bertz CT molecular complexity index is 264. The van der Waals surface area contributed by atoms with E-state index in [1.807, 2.05) is 18.7 Å². The highest BCUT2D eigenvalue weighted by Crippen LogP contribution is 2.03. The summed E-state index contributed by atoms with van der Waals surface area (Å²) in [5, 5.41) is 3.20. The maximum atomic E-state index is 11.8. The van der Waals surface area contributed by atoms with Gasteiger partial charge in [0, 0.05) is 52.1 Å². The van der Waals surface area contributed by atoms with Gasteiger partial charge in [-0.05, 0) is 13.8 Å². The number of rotatable bonds is 5. The third kappa shape index (κ3) is 5.23. The molecule has 1 heterocycles. The minimum atomic E-state index is 0. The number of carbonyl (C=O) groups excluding carboxylic acids is 2. The molecule has 0 aliphatic carbocycles. The summed E-state index contributed by atoms with van der Waals surface area (Å²) in [7, 11) is 0. The van der Waals surface area contributed by atoms with Crippen molar-refractivity contribution >= 4 is 24.2 Å². The third-order valence-electron chi connectivity index (χ3n) is 3.14. The Hall–Kier alpha value is -0.810. The molecule has 18 heavy (non-hydrogen) atoms. The van der Waals surface area contributed by atoms with Gasteiger partial charge in [-0.25, -0.2) is 0 Å². The van der Waals surface area contributed by atoms with E-state index in [2.05, 4.69) is 5.32 Å². The number of nitrogens with zero attached hydrogens (tertiary/aromatic N) is 2. The van der Waals surface area contributed by atoms with Gasteiger partial charge >= 0.3 is 0 Å². The number of amides is 2. The van der Waals surface area contributed by atoms with Crippen molar-refractivity contribution < 1.29 is 9.59 Å². The van der Waals surface area contributed by atoms with Crippen molar-refractivity contribution in [2.24, 2.45) is 0 Å². The van der Waals surface area contributed by atoms with E-state index in [1.165, 1.54) is 0 Å². The van der Waals surface area contributed by atoms with E-state index >= 15 is 0 Å². The van der Waals surface area contributed by atoms with Crippen LogP contribution in [-0.4, -0.2) is 60.9 Å². The Balaban J connectivity index is 0.00000289. The van der Waals surface area contributed by atoms with Crippen molar-refractivity contribution in [3.63, 3.8) is 0 Å². The molecular weight excluding hydrogens is 254 g/mol. The first kappa shape index (κ1) is 17.2. The summed E-state index contributed by atoms with van der Waals surface area (Å²) in [6.45, 7) is 8.59. The second-order valence-corrected chi connectivity index (χ2v) is 4.20. The molecule has 106 valence electrons. The Morgan fingerprint density at radius 3 is 2.17 bits per heavy atom. The molecular formula is C12H24ClN3O2. The first-order valence-electron chi connectivity index (χ1n) is 6.45. The first-order valence-corrected chi connectivity index (χ1v) is 6.45. The van der Waals surface area contributed by atoms with E-state index in [9.17, 15) is 9.59 Å². The van der Waals surface area contributed by atoms with E-state index in [1.54, 1.807) is 4.90 Å². The maximum Gasteiger partial charge on any atom is 0.223 e. The molecule has 1 fully saturated rings. The van der Waals surface area contributed by atoms with Gasteiger partial charge in [0.05, 0.1) is 0 Å². The second kappa shape index (κ2) is 9.16. The van der Waals surface area contributed by atoms with Gasteiger partial charge in [-0.15, -0.1) is 12.4 Å².